The molecule has 0 bridgehead atoms. The Hall–Kier alpha value is -2.51. The molecular weight excluding hydrogens is 470 g/mol. The number of nitrogens with zero attached hydrogens (tertiary/aromatic N) is 1. The summed E-state index contributed by atoms with van der Waals surface area (Å²) in [5.74, 6) is -0.245. The second-order valence-electron chi connectivity index (χ2n) is 7.75. The molecule has 1 aliphatic heterocycles. The Bertz CT molecular complexity index is 1240. The Morgan fingerprint density at radius 1 is 1.00 bits per heavy atom. The van der Waals surface area contributed by atoms with Crippen LogP contribution in [0.4, 0.5) is 5.69 Å². The highest BCUT2D eigenvalue weighted by Gasteiger charge is 2.29. The van der Waals surface area contributed by atoms with Gasteiger partial charge < -0.3 is 14.8 Å². The Morgan fingerprint density at radius 3 is 2.24 bits per heavy atom. The third-order valence-corrected chi connectivity index (χ3v) is 8.78. The van der Waals surface area contributed by atoms with Crippen LogP contribution in [0.5, 0.6) is 5.75 Å². The minimum atomic E-state index is -3.76. The highest BCUT2D eigenvalue weighted by Crippen LogP contribution is 2.30. The van der Waals surface area contributed by atoms with Gasteiger partial charge in [-0.2, -0.15) is 4.31 Å². The predicted octanol–water partition coefficient (Wildman–Crippen LogP) is 1.41. The van der Waals surface area contributed by atoms with E-state index in [1.165, 1.54) is 53.9 Å². The monoisotopic (exact) mass is 495 g/mol. The van der Waals surface area contributed by atoms with Crippen LogP contribution in [0.1, 0.15) is 23.2 Å². The molecule has 12 heteroatoms. The Morgan fingerprint density at radius 2 is 1.64 bits per heavy atom. The molecule has 1 amide bonds. The zero-order chi connectivity index (χ0) is 23.6. The van der Waals surface area contributed by atoms with Crippen LogP contribution in [-0.4, -0.2) is 66.5 Å². The Balaban J connectivity index is 1.54. The van der Waals surface area contributed by atoms with E-state index in [4.69, 9.17) is 9.47 Å². The molecule has 0 aromatic heterocycles. The summed E-state index contributed by atoms with van der Waals surface area (Å²) in [5, 5.41) is 2.66. The lowest BCUT2D eigenvalue weighted by Crippen LogP contribution is -2.40. The topological polar surface area (TPSA) is 131 Å². The van der Waals surface area contributed by atoms with E-state index in [2.05, 4.69) is 10.0 Å². The normalized spacial score (nSPS) is 17.5. The number of amides is 1. The third kappa shape index (κ3) is 5.36. The van der Waals surface area contributed by atoms with Gasteiger partial charge in [0.15, 0.2) is 0 Å². The second kappa shape index (κ2) is 9.39. The molecule has 1 aliphatic carbocycles. The van der Waals surface area contributed by atoms with Crippen LogP contribution < -0.4 is 14.8 Å². The van der Waals surface area contributed by atoms with Crippen LogP contribution in [0.3, 0.4) is 0 Å². The molecule has 178 valence electrons. The van der Waals surface area contributed by atoms with Crippen LogP contribution in [-0.2, 0) is 24.8 Å². The average molecular weight is 496 g/mol. The van der Waals surface area contributed by atoms with E-state index in [0.29, 0.717) is 13.2 Å². The number of rotatable bonds is 8. The number of hydrogen-bond acceptors (Lipinski definition) is 7. The fourth-order valence-corrected chi connectivity index (χ4v) is 6.09. The van der Waals surface area contributed by atoms with E-state index in [1.807, 2.05) is 0 Å². The van der Waals surface area contributed by atoms with Gasteiger partial charge in [-0.25, -0.2) is 21.6 Å². The van der Waals surface area contributed by atoms with Crippen LogP contribution in [0, 0.1) is 0 Å². The average Bonchev–Trinajstić information content (AvgIpc) is 3.63. The van der Waals surface area contributed by atoms with Crippen molar-refractivity contribution >= 4 is 31.6 Å². The van der Waals surface area contributed by atoms with Gasteiger partial charge in [-0.15, -0.1) is 0 Å². The first-order valence-corrected chi connectivity index (χ1v) is 13.3. The molecular formula is C21H25N3O7S2. The molecule has 0 spiro atoms. The number of anilines is 1. The van der Waals surface area contributed by atoms with Gasteiger partial charge in [-0.3, -0.25) is 4.79 Å². The Kier molecular flexibility index (Phi) is 6.73. The molecule has 33 heavy (non-hydrogen) atoms. The van der Waals surface area contributed by atoms with Crippen molar-refractivity contribution in [3.05, 3.63) is 48.0 Å². The number of carbonyl (C=O) groups is 1. The number of methoxy groups -OCH3 is 1. The van der Waals surface area contributed by atoms with E-state index < -0.39 is 26.0 Å². The van der Waals surface area contributed by atoms with E-state index in [9.17, 15) is 21.6 Å². The fraction of sp³-hybridized carbons (Fsp3) is 0.381. The molecule has 1 saturated heterocycles. The van der Waals surface area contributed by atoms with Crippen LogP contribution in [0.2, 0.25) is 0 Å². The lowest BCUT2D eigenvalue weighted by molar-refractivity contribution is 0.0730. The summed E-state index contributed by atoms with van der Waals surface area (Å²) in [6.45, 7) is 1.14. The van der Waals surface area contributed by atoms with Gasteiger partial charge in [0.05, 0.1) is 35.8 Å². The summed E-state index contributed by atoms with van der Waals surface area (Å²) in [4.78, 5) is 12.9. The molecule has 0 unspecified atom stereocenters. The molecule has 1 saturated carbocycles. The van der Waals surface area contributed by atoms with Gasteiger partial charge in [-0.05, 0) is 55.3 Å². The van der Waals surface area contributed by atoms with E-state index in [-0.39, 0.29) is 45.9 Å². The lowest BCUT2D eigenvalue weighted by atomic mass is 10.2. The smallest absolute Gasteiger partial charge is 0.255 e. The van der Waals surface area contributed by atoms with Gasteiger partial charge in [0.2, 0.25) is 20.0 Å². The van der Waals surface area contributed by atoms with Crippen molar-refractivity contribution in [3.63, 3.8) is 0 Å². The number of morpholine rings is 1. The minimum Gasteiger partial charge on any atom is -0.495 e. The van der Waals surface area contributed by atoms with E-state index >= 15 is 0 Å². The highest BCUT2D eigenvalue weighted by molar-refractivity contribution is 7.89. The summed E-state index contributed by atoms with van der Waals surface area (Å²) in [5.41, 5.74) is 0.396. The quantitative estimate of drug-likeness (QED) is 0.566. The SMILES string of the molecule is COc1ccc(S(=O)(=O)N2CCOCC2)cc1NC(=O)c1ccc(S(=O)(=O)NC2CC2)cc1. The number of hydrogen-bond donors (Lipinski definition) is 2. The fourth-order valence-electron chi connectivity index (χ4n) is 3.35. The molecule has 2 aliphatic rings. The van der Waals surface area contributed by atoms with Crippen molar-refractivity contribution in [1.82, 2.24) is 9.03 Å². The van der Waals surface area contributed by atoms with Crippen molar-refractivity contribution in [2.45, 2.75) is 28.7 Å². The summed E-state index contributed by atoms with van der Waals surface area (Å²) in [6, 6.07) is 9.74. The number of benzene rings is 2. The number of ether oxygens (including phenoxy) is 2. The van der Waals surface area contributed by atoms with Gasteiger partial charge in [-0.1, -0.05) is 0 Å². The van der Waals surface area contributed by atoms with Crippen LogP contribution >= 0.6 is 0 Å². The lowest BCUT2D eigenvalue weighted by Gasteiger charge is -2.26. The number of carbonyl (C=O) groups excluding carboxylic acids is 1. The molecule has 2 aromatic carbocycles. The first kappa shape index (κ1) is 23.6. The van der Waals surface area contributed by atoms with Crippen LogP contribution in [0.15, 0.2) is 52.3 Å². The standard InChI is InChI=1S/C21H25N3O7S2/c1-30-20-9-8-18(33(28,29)24-10-12-31-13-11-24)14-19(20)22-21(25)15-2-6-17(7-3-15)32(26,27)23-16-4-5-16/h2-3,6-9,14,16,23H,4-5,10-13H2,1H3,(H,22,25). The predicted molar refractivity (Wildman–Crippen MR) is 120 cm³/mol. The summed E-state index contributed by atoms with van der Waals surface area (Å²) < 4.78 is 64.9. The second-order valence-corrected chi connectivity index (χ2v) is 11.4. The molecule has 2 aromatic rings. The molecule has 10 nitrogen and oxygen atoms in total. The number of nitrogens with one attached hydrogen (secondary N) is 2. The maximum Gasteiger partial charge on any atom is 0.255 e. The molecule has 2 fully saturated rings. The van der Waals surface area contributed by atoms with Gasteiger partial charge in [0.1, 0.15) is 5.75 Å². The maximum absolute atomic E-state index is 13.0. The van der Waals surface area contributed by atoms with Crippen LogP contribution in [0.25, 0.3) is 0 Å². The summed E-state index contributed by atoms with van der Waals surface area (Å²) in [7, 11) is -5.98. The summed E-state index contributed by atoms with van der Waals surface area (Å²) >= 11 is 0. The minimum absolute atomic E-state index is 0.0214. The van der Waals surface area contributed by atoms with Crippen molar-refractivity contribution in [1.29, 1.82) is 0 Å². The first-order chi connectivity index (χ1) is 15.7. The molecule has 1 heterocycles. The molecule has 4 rings (SSSR count). The first-order valence-electron chi connectivity index (χ1n) is 10.4. The van der Waals surface area contributed by atoms with Crippen molar-refractivity contribution in [3.8, 4) is 5.75 Å². The molecule has 0 radical (unpaired) electrons. The zero-order valence-corrected chi connectivity index (χ0v) is 19.6. The van der Waals surface area contributed by atoms with Gasteiger partial charge >= 0.3 is 0 Å². The molecule has 2 N–H and O–H groups in total. The van der Waals surface area contributed by atoms with E-state index in [1.54, 1.807) is 0 Å². The highest BCUT2D eigenvalue weighted by atomic mass is 32.2. The van der Waals surface area contributed by atoms with Crippen molar-refractivity contribution in [2.24, 2.45) is 0 Å². The zero-order valence-electron chi connectivity index (χ0n) is 18.0. The van der Waals surface area contributed by atoms with Crippen molar-refractivity contribution < 1.29 is 31.1 Å². The van der Waals surface area contributed by atoms with Gasteiger partial charge in [0, 0.05) is 24.7 Å². The largest absolute Gasteiger partial charge is 0.495 e. The van der Waals surface area contributed by atoms with Crippen molar-refractivity contribution in [2.75, 3.05) is 38.7 Å². The molecule has 0 atom stereocenters. The maximum atomic E-state index is 13.0. The van der Waals surface area contributed by atoms with Gasteiger partial charge in [0.25, 0.3) is 5.91 Å². The number of sulfonamides is 2. The van der Waals surface area contributed by atoms with E-state index in [0.717, 1.165) is 12.8 Å². The Labute approximate surface area is 193 Å². The third-order valence-electron chi connectivity index (χ3n) is 5.35. The summed E-state index contributed by atoms with van der Waals surface area (Å²) in [6.07, 6.45) is 1.64.